The van der Waals surface area contributed by atoms with Gasteiger partial charge in [-0.25, -0.2) is 9.98 Å². The first-order valence-corrected chi connectivity index (χ1v) is 4.18. The Labute approximate surface area is 79.0 Å². The van der Waals surface area contributed by atoms with Gasteiger partial charge in [-0.2, -0.15) is 0 Å². The van der Waals surface area contributed by atoms with Crippen molar-refractivity contribution in [2.24, 2.45) is 9.98 Å². The smallest absolute Gasteiger partial charge is 0.267 e. The Kier molecular flexibility index (Phi) is 1.28. The molecule has 4 heteroatoms. The lowest BCUT2D eigenvalue weighted by molar-refractivity contribution is -0.112. The topological polar surface area (TPSA) is 54.7 Å². The predicted octanol–water partition coefficient (Wildman–Crippen LogP) is -0.640. The van der Waals surface area contributed by atoms with E-state index in [9.17, 15) is 4.79 Å². The average Bonchev–Trinajstić information content (AvgIpc) is 2.57. The van der Waals surface area contributed by atoms with E-state index in [4.69, 9.17) is 0 Å². The van der Waals surface area contributed by atoms with Gasteiger partial charge in [-0.05, 0) is 12.1 Å². The summed E-state index contributed by atoms with van der Waals surface area (Å²) in [6, 6.07) is 1.79. The van der Waals surface area contributed by atoms with E-state index in [-0.39, 0.29) is 5.91 Å². The average molecular weight is 183 g/mol. The first kappa shape index (κ1) is 7.32. The molecule has 0 N–H and O–H groups in total. The van der Waals surface area contributed by atoms with Crippen LogP contribution in [0.25, 0.3) is 5.57 Å². The van der Waals surface area contributed by atoms with Crippen LogP contribution in [-0.2, 0) is 4.79 Å². The maximum Gasteiger partial charge on any atom is 0.279 e. The zero-order valence-electron chi connectivity index (χ0n) is 7.14. The molecule has 0 fully saturated rings. The number of aliphatic imine (C=N–C) groups is 1. The Bertz CT molecular complexity index is 610. The van der Waals surface area contributed by atoms with E-state index < -0.39 is 0 Å². The summed E-state index contributed by atoms with van der Waals surface area (Å²) in [4.78, 5) is 23.4. The summed E-state index contributed by atoms with van der Waals surface area (Å²) in [6.45, 7) is 0. The number of allylic oxidation sites excluding steroid dienone is 1. The quantitative estimate of drug-likeness (QED) is 0.537. The van der Waals surface area contributed by atoms with E-state index in [0.29, 0.717) is 11.3 Å². The Morgan fingerprint density at radius 2 is 2.21 bits per heavy atom. The zero-order valence-corrected chi connectivity index (χ0v) is 7.14. The summed E-state index contributed by atoms with van der Waals surface area (Å²) in [5.74, 6) is -0.238. The molecule has 2 aliphatic heterocycles. The van der Waals surface area contributed by atoms with Crippen LogP contribution in [-0.4, -0.2) is 17.1 Å². The molecule has 0 unspecified atom stereocenters. The lowest BCUT2D eigenvalue weighted by Gasteiger charge is -2.01. The summed E-state index contributed by atoms with van der Waals surface area (Å²) in [6.07, 6.45) is 6.51. The van der Waals surface area contributed by atoms with Gasteiger partial charge < -0.3 is 0 Å². The molecule has 66 valence electrons. The van der Waals surface area contributed by atoms with Crippen molar-refractivity contribution in [1.82, 2.24) is 4.98 Å². The Morgan fingerprint density at radius 3 is 3.14 bits per heavy atom. The molecule has 1 aromatic rings. The molecule has 0 aromatic carbocycles. The highest BCUT2D eigenvalue weighted by molar-refractivity contribution is 6.24. The van der Waals surface area contributed by atoms with Crippen molar-refractivity contribution >= 4 is 17.7 Å². The monoisotopic (exact) mass is 183 g/mol. The van der Waals surface area contributed by atoms with Crippen molar-refractivity contribution in [2.45, 2.75) is 0 Å². The normalized spacial score (nSPS) is 17.3. The molecular weight excluding hydrogens is 178 g/mol. The van der Waals surface area contributed by atoms with Gasteiger partial charge in [0.1, 0.15) is 0 Å². The van der Waals surface area contributed by atoms with Gasteiger partial charge in [0.2, 0.25) is 0 Å². The van der Waals surface area contributed by atoms with Gasteiger partial charge in [-0.3, -0.25) is 9.78 Å². The fourth-order valence-electron chi connectivity index (χ4n) is 1.59. The van der Waals surface area contributed by atoms with E-state index in [1.807, 2.05) is 0 Å². The highest BCUT2D eigenvalue weighted by atomic mass is 16.1. The molecule has 3 heterocycles. The van der Waals surface area contributed by atoms with Crippen molar-refractivity contribution in [3.8, 4) is 0 Å². The molecule has 0 saturated carbocycles. The fraction of sp³-hybridized carbons (Fsp3) is 0. The molecule has 0 atom stereocenters. The van der Waals surface area contributed by atoms with Gasteiger partial charge in [-0.15, -0.1) is 0 Å². The largest absolute Gasteiger partial charge is 0.279 e. The molecule has 0 bridgehead atoms. The SMILES string of the molecule is O=C1N=CC=C2N=c3ccncc3=C12. The number of amides is 1. The lowest BCUT2D eigenvalue weighted by atomic mass is 10.1. The van der Waals surface area contributed by atoms with E-state index in [1.54, 1.807) is 24.5 Å². The second-order valence-electron chi connectivity index (χ2n) is 3.01. The lowest BCUT2D eigenvalue weighted by Crippen LogP contribution is -2.25. The van der Waals surface area contributed by atoms with Crippen molar-refractivity contribution in [3.05, 3.63) is 40.8 Å². The maximum absolute atomic E-state index is 11.5. The van der Waals surface area contributed by atoms with Gasteiger partial charge in [0.15, 0.2) is 0 Å². The van der Waals surface area contributed by atoms with Crippen LogP contribution in [0, 0.1) is 0 Å². The molecule has 14 heavy (non-hydrogen) atoms. The number of carbonyl (C=O) groups is 1. The highest BCUT2D eigenvalue weighted by Crippen LogP contribution is 2.17. The minimum absolute atomic E-state index is 0.238. The highest BCUT2D eigenvalue weighted by Gasteiger charge is 2.21. The Balaban J connectivity index is 2.51. The van der Waals surface area contributed by atoms with Crippen molar-refractivity contribution in [2.75, 3.05) is 0 Å². The van der Waals surface area contributed by atoms with Crippen molar-refractivity contribution < 1.29 is 4.79 Å². The fourth-order valence-corrected chi connectivity index (χ4v) is 1.59. The summed E-state index contributed by atoms with van der Waals surface area (Å²) in [5.41, 5.74) is 1.25. The Morgan fingerprint density at radius 1 is 1.29 bits per heavy atom. The number of rotatable bonds is 0. The number of dihydropyridines is 1. The van der Waals surface area contributed by atoms with Crippen LogP contribution in [0.15, 0.2) is 40.2 Å². The van der Waals surface area contributed by atoms with Gasteiger partial charge in [0.25, 0.3) is 5.91 Å². The summed E-state index contributed by atoms with van der Waals surface area (Å²) < 4.78 is 0. The van der Waals surface area contributed by atoms with E-state index in [2.05, 4.69) is 15.0 Å². The van der Waals surface area contributed by atoms with Crippen LogP contribution in [0.1, 0.15) is 0 Å². The van der Waals surface area contributed by atoms with Crippen LogP contribution < -0.4 is 10.6 Å². The maximum atomic E-state index is 11.5. The van der Waals surface area contributed by atoms with E-state index in [0.717, 1.165) is 10.6 Å². The van der Waals surface area contributed by atoms with E-state index >= 15 is 0 Å². The molecule has 4 nitrogen and oxygen atoms in total. The molecule has 2 aliphatic rings. The summed E-state index contributed by atoms with van der Waals surface area (Å²) in [5, 5.41) is 1.57. The van der Waals surface area contributed by atoms with Crippen molar-refractivity contribution in [1.29, 1.82) is 0 Å². The van der Waals surface area contributed by atoms with Crippen molar-refractivity contribution in [3.63, 3.8) is 0 Å². The molecule has 1 amide bonds. The molecule has 0 aliphatic carbocycles. The van der Waals surface area contributed by atoms with Crippen LogP contribution in [0.4, 0.5) is 0 Å². The summed E-state index contributed by atoms with van der Waals surface area (Å²) in [7, 11) is 0. The first-order valence-electron chi connectivity index (χ1n) is 4.18. The van der Waals surface area contributed by atoms with Gasteiger partial charge in [0, 0.05) is 23.8 Å². The number of fused-ring (bicyclic) bond motifs is 2. The minimum atomic E-state index is -0.238. The third-order valence-corrected chi connectivity index (χ3v) is 2.20. The molecule has 3 rings (SSSR count). The molecule has 1 aromatic heterocycles. The molecule has 0 saturated heterocycles. The number of pyridine rings is 1. The van der Waals surface area contributed by atoms with Crippen LogP contribution in [0.5, 0.6) is 0 Å². The Hall–Kier alpha value is -2.10. The molecular formula is C10H5N3O. The third kappa shape index (κ3) is 0.821. The number of hydrogen-bond donors (Lipinski definition) is 0. The second-order valence-corrected chi connectivity index (χ2v) is 3.01. The number of carbonyl (C=O) groups excluding carboxylic acids is 1. The third-order valence-electron chi connectivity index (χ3n) is 2.20. The van der Waals surface area contributed by atoms with Gasteiger partial charge in [0.05, 0.1) is 16.6 Å². The number of aromatic nitrogens is 1. The molecule has 0 radical (unpaired) electrons. The van der Waals surface area contributed by atoms with Crippen LogP contribution >= 0.6 is 0 Å². The summed E-state index contributed by atoms with van der Waals surface area (Å²) >= 11 is 0. The first-order chi connectivity index (χ1) is 6.86. The van der Waals surface area contributed by atoms with Crippen LogP contribution in [0.2, 0.25) is 0 Å². The zero-order chi connectivity index (χ0) is 9.54. The predicted molar refractivity (Wildman–Crippen MR) is 50.0 cm³/mol. The van der Waals surface area contributed by atoms with Gasteiger partial charge in [-0.1, -0.05) is 0 Å². The minimum Gasteiger partial charge on any atom is -0.267 e. The number of hydrogen-bond acceptors (Lipinski definition) is 3. The number of nitrogens with zero attached hydrogens (tertiary/aromatic N) is 3. The molecule has 0 spiro atoms. The van der Waals surface area contributed by atoms with Gasteiger partial charge >= 0.3 is 0 Å². The van der Waals surface area contributed by atoms with Crippen LogP contribution in [0.3, 0.4) is 0 Å². The van der Waals surface area contributed by atoms with E-state index in [1.165, 1.54) is 6.21 Å². The second kappa shape index (κ2) is 2.45. The standard InChI is InChI=1S/C10H5N3O/c14-10-9-6-5-11-3-1-7(6)13-8(9)2-4-12-10/h1-5H.